The van der Waals surface area contributed by atoms with Crippen LogP contribution in [0.3, 0.4) is 0 Å². The van der Waals surface area contributed by atoms with Crippen molar-refractivity contribution < 1.29 is 19.4 Å². The number of hydrogen-bond acceptors (Lipinski definition) is 5. The summed E-state index contributed by atoms with van der Waals surface area (Å²) < 4.78 is 5.19. The van der Waals surface area contributed by atoms with Crippen molar-refractivity contribution in [1.82, 2.24) is 10.3 Å². The van der Waals surface area contributed by atoms with Crippen molar-refractivity contribution in [1.29, 1.82) is 0 Å². The monoisotopic (exact) mass is 314 g/mol. The van der Waals surface area contributed by atoms with Crippen molar-refractivity contribution in [3.8, 4) is 0 Å². The molecule has 0 aromatic carbocycles. The van der Waals surface area contributed by atoms with Gasteiger partial charge < -0.3 is 15.2 Å². The zero-order valence-corrected chi connectivity index (χ0v) is 13.7. The summed E-state index contributed by atoms with van der Waals surface area (Å²) in [4.78, 5) is 27.2. The molecule has 0 bridgehead atoms. The summed E-state index contributed by atoms with van der Waals surface area (Å²) in [5.74, 6) is -0.982. The highest BCUT2D eigenvalue weighted by Gasteiger charge is 2.25. The van der Waals surface area contributed by atoms with Gasteiger partial charge in [-0.25, -0.2) is 14.6 Å². The van der Waals surface area contributed by atoms with E-state index in [1.165, 1.54) is 11.3 Å². The van der Waals surface area contributed by atoms with E-state index in [1.54, 1.807) is 20.8 Å². The Morgan fingerprint density at radius 2 is 1.90 bits per heavy atom. The molecule has 1 rings (SSSR count). The molecule has 1 aromatic rings. The fraction of sp³-hybridized carbons (Fsp3) is 0.643. The summed E-state index contributed by atoms with van der Waals surface area (Å²) in [7, 11) is 0. The Morgan fingerprint density at radius 3 is 2.33 bits per heavy atom. The molecular formula is C14H22N2O4S. The predicted octanol–water partition coefficient (Wildman–Crippen LogP) is 3.16. The van der Waals surface area contributed by atoms with Gasteiger partial charge in [-0.05, 0) is 12.8 Å². The number of rotatable bonds is 6. The molecule has 6 nitrogen and oxygen atoms in total. The van der Waals surface area contributed by atoms with Crippen molar-refractivity contribution in [2.45, 2.75) is 52.7 Å². The Kier molecular flexibility index (Phi) is 6.14. The SMILES string of the molecule is CC(C)c1nc(C(C)OC(=O)N[C@H](C(=O)O)C(C)C)cs1. The number of carboxylic acid groups (broad SMARTS) is 1. The number of thiazole rings is 1. The number of carbonyl (C=O) groups excluding carboxylic acids is 1. The van der Waals surface area contributed by atoms with Gasteiger partial charge >= 0.3 is 12.1 Å². The fourth-order valence-electron chi connectivity index (χ4n) is 1.65. The predicted molar refractivity (Wildman–Crippen MR) is 80.5 cm³/mol. The van der Waals surface area contributed by atoms with Crippen LogP contribution in [0.4, 0.5) is 4.79 Å². The molecular weight excluding hydrogens is 292 g/mol. The summed E-state index contributed by atoms with van der Waals surface area (Å²) in [5, 5.41) is 14.2. The number of aromatic nitrogens is 1. The molecule has 0 aliphatic carbocycles. The van der Waals surface area contributed by atoms with E-state index in [1.807, 2.05) is 19.2 Å². The zero-order chi connectivity index (χ0) is 16.2. The summed E-state index contributed by atoms with van der Waals surface area (Å²) in [5.41, 5.74) is 0.676. The quantitative estimate of drug-likeness (QED) is 0.842. The molecule has 7 heteroatoms. The standard InChI is InChI=1S/C14H22N2O4S/c1-7(2)11(13(17)18)16-14(19)20-9(5)10-6-21-12(15-10)8(3)4/h6-9,11H,1-5H3,(H,16,19)(H,17,18)/t9?,11-/m0/s1. The molecule has 0 saturated carbocycles. The maximum absolute atomic E-state index is 11.8. The topological polar surface area (TPSA) is 88.5 Å². The second-order valence-corrected chi connectivity index (χ2v) is 6.41. The molecule has 0 spiro atoms. The van der Waals surface area contributed by atoms with Crippen LogP contribution in [0.2, 0.25) is 0 Å². The van der Waals surface area contributed by atoms with Crippen LogP contribution in [0, 0.1) is 5.92 Å². The molecule has 2 N–H and O–H groups in total. The van der Waals surface area contributed by atoms with Gasteiger partial charge in [0.2, 0.25) is 0 Å². The smallest absolute Gasteiger partial charge is 0.408 e. The molecule has 1 unspecified atom stereocenters. The third-order valence-electron chi connectivity index (χ3n) is 2.94. The van der Waals surface area contributed by atoms with E-state index < -0.39 is 24.2 Å². The number of alkyl carbamates (subject to hydrolysis) is 1. The lowest BCUT2D eigenvalue weighted by Crippen LogP contribution is -2.44. The molecule has 0 saturated heterocycles. The molecule has 0 aliphatic rings. The van der Waals surface area contributed by atoms with Crippen LogP contribution in [-0.2, 0) is 9.53 Å². The number of amides is 1. The summed E-state index contributed by atoms with van der Waals surface area (Å²) in [6.45, 7) is 9.24. The number of aliphatic carboxylic acids is 1. The highest BCUT2D eigenvalue weighted by Crippen LogP contribution is 2.24. The molecule has 118 valence electrons. The second kappa shape index (κ2) is 7.40. The highest BCUT2D eigenvalue weighted by molar-refractivity contribution is 7.09. The third kappa shape index (κ3) is 5.00. The van der Waals surface area contributed by atoms with Crippen LogP contribution in [0.25, 0.3) is 0 Å². The average molecular weight is 314 g/mol. The third-order valence-corrected chi connectivity index (χ3v) is 4.10. The van der Waals surface area contributed by atoms with Gasteiger partial charge in [-0.1, -0.05) is 27.7 Å². The second-order valence-electron chi connectivity index (χ2n) is 5.52. The minimum absolute atomic E-state index is 0.225. The van der Waals surface area contributed by atoms with Crippen LogP contribution >= 0.6 is 11.3 Å². The van der Waals surface area contributed by atoms with Crippen molar-refractivity contribution in [2.24, 2.45) is 5.92 Å². The Morgan fingerprint density at radius 1 is 1.29 bits per heavy atom. The highest BCUT2D eigenvalue weighted by atomic mass is 32.1. The van der Waals surface area contributed by atoms with Gasteiger partial charge in [0.1, 0.15) is 12.1 Å². The summed E-state index contributed by atoms with van der Waals surface area (Å²) in [6.07, 6.45) is -1.27. The summed E-state index contributed by atoms with van der Waals surface area (Å²) in [6, 6.07) is -0.966. The normalized spacial score (nSPS) is 14.0. The molecule has 0 aliphatic heterocycles. The largest absolute Gasteiger partial charge is 0.480 e. The Bertz CT molecular complexity index is 499. The Balaban J connectivity index is 2.62. The molecule has 0 fully saturated rings. The maximum Gasteiger partial charge on any atom is 0.408 e. The van der Waals surface area contributed by atoms with E-state index in [-0.39, 0.29) is 5.92 Å². The summed E-state index contributed by atoms with van der Waals surface area (Å²) >= 11 is 1.52. The van der Waals surface area contributed by atoms with Crippen LogP contribution in [0.15, 0.2) is 5.38 Å². The van der Waals surface area contributed by atoms with Gasteiger partial charge in [0, 0.05) is 11.3 Å². The van der Waals surface area contributed by atoms with Gasteiger partial charge in [0.25, 0.3) is 0 Å². The van der Waals surface area contributed by atoms with Gasteiger partial charge in [0.15, 0.2) is 0 Å². The molecule has 21 heavy (non-hydrogen) atoms. The lowest BCUT2D eigenvalue weighted by atomic mass is 10.1. The number of hydrogen-bond donors (Lipinski definition) is 2. The Labute approximate surface area is 128 Å². The molecule has 1 amide bonds. The average Bonchev–Trinajstić information content (AvgIpc) is 2.84. The van der Waals surface area contributed by atoms with Crippen LogP contribution < -0.4 is 5.32 Å². The van der Waals surface area contributed by atoms with Crippen LogP contribution in [0.5, 0.6) is 0 Å². The lowest BCUT2D eigenvalue weighted by Gasteiger charge is -2.19. The van der Waals surface area contributed by atoms with E-state index in [0.717, 1.165) is 5.01 Å². The van der Waals surface area contributed by atoms with E-state index in [9.17, 15) is 9.59 Å². The maximum atomic E-state index is 11.8. The lowest BCUT2D eigenvalue weighted by molar-refractivity contribution is -0.140. The van der Waals surface area contributed by atoms with E-state index in [0.29, 0.717) is 11.6 Å². The minimum atomic E-state index is -1.08. The van der Waals surface area contributed by atoms with Gasteiger partial charge in [0.05, 0.1) is 10.7 Å². The van der Waals surface area contributed by atoms with Crippen LogP contribution in [0.1, 0.15) is 57.3 Å². The number of nitrogens with one attached hydrogen (secondary N) is 1. The van der Waals surface area contributed by atoms with Crippen molar-refractivity contribution in [3.05, 3.63) is 16.1 Å². The van der Waals surface area contributed by atoms with Gasteiger partial charge in [-0.2, -0.15) is 0 Å². The van der Waals surface area contributed by atoms with E-state index in [2.05, 4.69) is 10.3 Å². The van der Waals surface area contributed by atoms with E-state index in [4.69, 9.17) is 9.84 Å². The first-order valence-electron chi connectivity index (χ1n) is 6.87. The molecule has 2 atom stereocenters. The first-order chi connectivity index (χ1) is 9.72. The number of carboxylic acids is 1. The fourth-order valence-corrected chi connectivity index (χ4v) is 2.56. The molecule has 1 heterocycles. The van der Waals surface area contributed by atoms with Gasteiger partial charge in [-0.3, -0.25) is 0 Å². The first-order valence-corrected chi connectivity index (χ1v) is 7.75. The van der Waals surface area contributed by atoms with Crippen molar-refractivity contribution in [2.75, 3.05) is 0 Å². The van der Waals surface area contributed by atoms with Crippen molar-refractivity contribution >= 4 is 23.4 Å². The first kappa shape index (κ1) is 17.4. The number of nitrogens with zero attached hydrogens (tertiary/aromatic N) is 1. The van der Waals surface area contributed by atoms with Gasteiger partial charge in [-0.15, -0.1) is 11.3 Å². The zero-order valence-electron chi connectivity index (χ0n) is 12.9. The minimum Gasteiger partial charge on any atom is -0.480 e. The van der Waals surface area contributed by atoms with E-state index >= 15 is 0 Å². The Hall–Kier alpha value is -1.63. The van der Waals surface area contributed by atoms with Crippen LogP contribution in [-0.4, -0.2) is 28.2 Å². The molecule has 1 aromatic heterocycles. The number of carbonyl (C=O) groups is 2. The molecule has 0 radical (unpaired) electrons. The van der Waals surface area contributed by atoms with Crippen molar-refractivity contribution in [3.63, 3.8) is 0 Å². The number of ether oxygens (including phenoxy) is 1.